The van der Waals surface area contributed by atoms with Crippen LogP contribution >= 0.6 is 0 Å². The summed E-state index contributed by atoms with van der Waals surface area (Å²) in [5.74, 6) is -0.755. The monoisotopic (exact) mass is 188 g/mol. The first kappa shape index (κ1) is 12.4. The van der Waals surface area contributed by atoms with Crippen LogP contribution < -0.4 is 0 Å². The lowest BCUT2D eigenvalue weighted by molar-refractivity contribution is -0.149. The number of carbonyl (C=O) groups is 1. The number of carboxylic acid groups (broad SMARTS) is 1. The number of aliphatic carboxylic acids is 1. The van der Waals surface area contributed by atoms with Crippen LogP contribution in [0, 0.1) is 5.41 Å². The molecule has 0 aromatic heterocycles. The zero-order valence-electron chi connectivity index (χ0n) is 8.71. The second-order valence-electron chi connectivity index (χ2n) is 4.00. The third kappa shape index (κ3) is 4.27. The predicted molar refractivity (Wildman–Crippen MR) is 51.6 cm³/mol. The molecule has 0 aliphatic heterocycles. The van der Waals surface area contributed by atoms with E-state index in [-0.39, 0.29) is 0 Å². The molecule has 13 heavy (non-hydrogen) atoms. The Kier molecular flexibility index (Phi) is 4.99. The Morgan fingerprint density at radius 3 is 2.31 bits per heavy atom. The Balaban J connectivity index is 4.16. The lowest BCUT2D eigenvalue weighted by atomic mass is 9.80. The number of aliphatic hydroxyl groups excluding tert-OH is 1. The number of hydrogen-bond acceptors (Lipinski definition) is 2. The van der Waals surface area contributed by atoms with Gasteiger partial charge in [-0.05, 0) is 33.1 Å². The van der Waals surface area contributed by atoms with Crippen molar-refractivity contribution in [2.45, 2.75) is 52.6 Å². The summed E-state index contributed by atoms with van der Waals surface area (Å²) >= 11 is 0. The van der Waals surface area contributed by atoms with Gasteiger partial charge < -0.3 is 10.2 Å². The lowest BCUT2D eigenvalue weighted by Gasteiger charge is -2.24. The molecule has 0 amide bonds. The normalized spacial score (nSPS) is 17.8. The van der Waals surface area contributed by atoms with Crippen LogP contribution in [0.1, 0.15) is 46.5 Å². The van der Waals surface area contributed by atoms with E-state index in [2.05, 4.69) is 0 Å². The van der Waals surface area contributed by atoms with Crippen LogP contribution in [0.5, 0.6) is 0 Å². The molecule has 2 atom stereocenters. The minimum Gasteiger partial charge on any atom is -0.481 e. The Hall–Kier alpha value is -0.570. The molecule has 0 aromatic rings. The molecule has 0 rings (SSSR count). The van der Waals surface area contributed by atoms with Crippen LogP contribution in [0.4, 0.5) is 0 Å². The van der Waals surface area contributed by atoms with E-state index in [9.17, 15) is 4.79 Å². The van der Waals surface area contributed by atoms with Gasteiger partial charge in [0.25, 0.3) is 0 Å². The van der Waals surface area contributed by atoms with Crippen LogP contribution in [-0.2, 0) is 4.79 Å². The van der Waals surface area contributed by atoms with Crippen molar-refractivity contribution in [3.05, 3.63) is 0 Å². The van der Waals surface area contributed by atoms with Gasteiger partial charge in [0.1, 0.15) is 0 Å². The van der Waals surface area contributed by atoms with Crippen LogP contribution in [0.3, 0.4) is 0 Å². The highest BCUT2D eigenvalue weighted by Crippen LogP contribution is 2.29. The fraction of sp³-hybridized carbons (Fsp3) is 0.900. The Morgan fingerprint density at radius 2 is 2.00 bits per heavy atom. The topological polar surface area (TPSA) is 57.5 Å². The van der Waals surface area contributed by atoms with Crippen molar-refractivity contribution in [3.8, 4) is 0 Å². The average molecular weight is 188 g/mol. The molecule has 2 unspecified atom stereocenters. The lowest BCUT2D eigenvalue weighted by Crippen LogP contribution is -2.28. The summed E-state index contributed by atoms with van der Waals surface area (Å²) in [7, 11) is 0. The van der Waals surface area contributed by atoms with E-state index in [1.165, 1.54) is 0 Å². The van der Waals surface area contributed by atoms with Crippen LogP contribution in [0.2, 0.25) is 0 Å². The van der Waals surface area contributed by atoms with Crippen molar-refractivity contribution in [2.24, 2.45) is 5.41 Å². The molecule has 0 saturated carbocycles. The minimum absolute atomic E-state index is 0.407. The summed E-state index contributed by atoms with van der Waals surface area (Å²) in [6.07, 6.45) is 2.24. The molecule has 0 saturated heterocycles. The predicted octanol–water partition coefficient (Wildman–Crippen LogP) is 2.04. The van der Waals surface area contributed by atoms with Crippen molar-refractivity contribution in [1.29, 1.82) is 0 Å². The van der Waals surface area contributed by atoms with Gasteiger partial charge in [-0.25, -0.2) is 0 Å². The zero-order valence-corrected chi connectivity index (χ0v) is 8.71. The molecule has 0 aliphatic rings. The molecule has 0 spiro atoms. The van der Waals surface area contributed by atoms with Gasteiger partial charge in [-0.2, -0.15) is 0 Å². The SMILES string of the molecule is CCCC(C)(CCC(C)O)C(=O)O. The first-order chi connectivity index (χ1) is 5.92. The smallest absolute Gasteiger partial charge is 0.309 e. The second kappa shape index (κ2) is 5.22. The van der Waals surface area contributed by atoms with Crippen LogP contribution in [0.15, 0.2) is 0 Å². The molecular formula is C10H20O3. The molecule has 0 bridgehead atoms. The van der Waals surface area contributed by atoms with Crippen molar-refractivity contribution in [2.75, 3.05) is 0 Å². The van der Waals surface area contributed by atoms with E-state index >= 15 is 0 Å². The molecule has 78 valence electrons. The van der Waals surface area contributed by atoms with Crippen molar-refractivity contribution in [1.82, 2.24) is 0 Å². The molecule has 0 radical (unpaired) electrons. The quantitative estimate of drug-likeness (QED) is 0.670. The van der Waals surface area contributed by atoms with Gasteiger partial charge in [-0.3, -0.25) is 4.79 Å². The van der Waals surface area contributed by atoms with Gasteiger partial charge in [-0.15, -0.1) is 0 Å². The first-order valence-corrected chi connectivity index (χ1v) is 4.84. The summed E-state index contributed by atoms with van der Waals surface area (Å²) < 4.78 is 0. The maximum atomic E-state index is 10.9. The highest BCUT2D eigenvalue weighted by Gasteiger charge is 2.31. The maximum Gasteiger partial charge on any atom is 0.309 e. The number of aliphatic hydroxyl groups is 1. The third-order valence-electron chi connectivity index (χ3n) is 2.43. The third-order valence-corrected chi connectivity index (χ3v) is 2.43. The summed E-state index contributed by atoms with van der Waals surface area (Å²) in [4.78, 5) is 10.9. The molecule has 0 heterocycles. The standard InChI is InChI=1S/C10H20O3/c1-4-6-10(3,9(12)13)7-5-8(2)11/h8,11H,4-7H2,1-3H3,(H,12,13). The van der Waals surface area contributed by atoms with Crippen LogP contribution in [0.25, 0.3) is 0 Å². The van der Waals surface area contributed by atoms with Crippen LogP contribution in [-0.4, -0.2) is 22.3 Å². The average Bonchev–Trinajstić information content (AvgIpc) is 2.01. The summed E-state index contributed by atoms with van der Waals surface area (Å²) in [6, 6.07) is 0. The minimum atomic E-state index is -0.755. The fourth-order valence-corrected chi connectivity index (χ4v) is 1.42. The van der Waals surface area contributed by atoms with Crippen molar-refractivity contribution in [3.63, 3.8) is 0 Å². The molecule has 2 N–H and O–H groups in total. The number of hydrogen-bond donors (Lipinski definition) is 2. The van der Waals surface area contributed by atoms with E-state index in [1.54, 1.807) is 13.8 Å². The van der Waals surface area contributed by atoms with E-state index in [4.69, 9.17) is 10.2 Å². The number of rotatable bonds is 6. The Morgan fingerprint density at radius 1 is 1.46 bits per heavy atom. The second-order valence-corrected chi connectivity index (χ2v) is 4.00. The summed E-state index contributed by atoms with van der Waals surface area (Å²) in [6.45, 7) is 5.42. The highest BCUT2D eigenvalue weighted by atomic mass is 16.4. The Labute approximate surface area is 79.8 Å². The summed E-state index contributed by atoms with van der Waals surface area (Å²) in [5, 5.41) is 18.1. The first-order valence-electron chi connectivity index (χ1n) is 4.84. The highest BCUT2D eigenvalue weighted by molar-refractivity contribution is 5.74. The van der Waals surface area contributed by atoms with E-state index in [1.807, 2.05) is 6.92 Å². The van der Waals surface area contributed by atoms with Gasteiger partial charge in [0, 0.05) is 0 Å². The van der Waals surface area contributed by atoms with Crippen molar-refractivity contribution >= 4 is 5.97 Å². The molecule has 3 nitrogen and oxygen atoms in total. The summed E-state index contributed by atoms with van der Waals surface area (Å²) in [5.41, 5.74) is -0.661. The van der Waals surface area contributed by atoms with Gasteiger partial charge in [0.2, 0.25) is 0 Å². The van der Waals surface area contributed by atoms with Crippen molar-refractivity contribution < 1.29 is 15.0 Å². The van der Waals surface area contributed by atoms with Gasteiger partial charge in [0.15, 0.2) is 0 Å². The maximum absolute atomic E-state index is 10.9. The van der Waals surface area contributed by atoms with Gasteiger partial charge in [0.05, 0.1) is 11.5 Å². The zero-order chi connectivity index (χ0) is 10.5. The molecule has 0 aromatic carbocycles. The molecular weight excluding hydrogens is 168 g/mol. The number of carboxylic acids is 1. The molecule has 0 fully saturated rings. The van der Waals surface area contributed by atoms with Gasteiger partial charge >= 0.3 is 5.97 Å². The molecule has 0 aliphatic carbocycles. The van der Waals surface area contributed by atoms with Gasteiger partial charge in [-0.1, -0.05) is 13.3 Å². The van der Waals surface area contributed by atoms with E-state index < -0.39 is 17.5 Å². The van der Waals surface area contributed by atoms with E-state index in [0.717, 1.165) is 6.42 Å². The molecule has 3 heteroatoms. The van der Waals surface area contributed by atoms with E-state index in [0.29, 0.717) is 19.3 Å². The Bertz CT molecular complexity index is 166. The largest absolute Gasteiger partial charge is 0.481 e. The fourth-order valence-electron chi connectivity index (χ4n) is 1.42.